The Balaban J connectivity index is 2.42. The minimum atomic E-state index is -0.326. The Bertz CT molecular complexity index is 652. The van der Waals surface area contributed by atoms with Crippen LogP contribution in [0.2, 0.25) is 0 Å². The van der Waals surface area contributed by atoms with Gasteiger partial charge in [0.05, 0.1) is 11.6 Å². The number of rotatable bonds is 4. The Kier molecular flexibility index (Phi) is 6.19. The first-order chi connectivity index (χ1) is 11.2. The predicted molar refractivity (Wildman–Crippen MR) is 104 cm³/mol. The molecule has 5 heteroatoms. The molecule has 0 unspecified atom stereocenters. The molecule has 2 atom stereocenters. The molecule has 2 rings (SSSR count). The summed E-state index contributed by atoms with van der Waals surface area (Å²) in [5.41, 5.74) is 2.29. The van der Waals surface area contributed by atoms with E-state index >= 15 is 0 Å². The molecule has 1 aliphatic carbocycles. The predicted octanol–water partition coefficient (Wildman–Crippen LogP) is 5.68. The topological polar surface area (TPSA) is 35.5 Å². The van der Waals surface area contributed by atoms with E-state index in [9.17, 15) is 4.79 Å². The molecule has 0 saturated heterocycles. The fourth-order valence-electron chi connectivity index (χ4n) is 3.37. The van der Waals surface area contributed by atoms with Crippen LogP contribution < -0.4 is 9.47 Å². The van der Waals surface area contributed by atoms with Gasteiger partial charge in [0, 0.05) is 11.8 Å². The number of carbonyl (C=O) groups is 1. The number of methoxy groups -OCH3 is 1. The van der Waals surface area contributed by atoms with Crippen LogP contribution in [0.1, 0.15) is 39.2 Å². The number of alkyl halides is 1. The second-order valence-electron chi connectivity index (χ2n) is 6.93. The molecule has 1 aliphatic rings. The fraction of sp³-hybridized carbons (Fsp3) is 0.526. The van der Waals surface area contributed by atoms with Crippen LogP contribution in [0.4, 0.5) is 0 Å². The van der Waals surface area contributed by atoms with E-state index in [-0.39, 0.29) is 11.4 Å². The van der Waals surface area contributed by atoms with Gasteiger partial charge in [0.2, 0.25) is 0 Å². The summed E-state index contributed by atoms with van der Waals surface area (Å²) in [6.07, 6.45) is 2.88. The highest BCUT2D eigenvalue weighted by molar-refractivity contribution is 9.10. The van der Waals surface area contributed by atoms with Crippen molar-refractivity contribution in [2.45, 2.75) is 44.9 Å². The lowest BCUT2D eigenvalue weighted by molar-refractivity contribution is -0.131. The highest BCUT2D eigenvalue weighted by Crippen LogP contribution is 2.49. The van der Waals surface area contributed by atoms with Crippen molar-refractivity contribution in [2.24, 2.45) is 11.3 Å². The minimum Gasteiger partial charge on any atom is -0.496 e. The summed E-state index contributed by atoms with van der Waals surface area (Å²) >= 11 is 7.29. The van der Waals surface area contributed by atoms with Crippen LogP contribution in [0.15, 0.2) is 28.8 Å². The first-order valence-corrected chi connectivity index (χ1v) is 9.74. The van der Waals surface area contributed by atoms with E-state index in [1.165, 1.54) is 12.5 Å². The molecule has 0 bridgehead atoms. The zero-order chi connectivity index (χ0) is 18.1. The van der Waals surface area contributed by atoms with Crippen molar-refractivity contribution in [3.8, 4) is 11.5 Å². The maximum Gasteiger partial charge on any atom is 0.308 e. The monoisotopic (exact) mass is 458 g/mol. The third-order valence-electron chi connectivity index (χ3n) is 4.93. The molecule has 0 radical (unpaired) electrons. The highest BCUT2D eigenvalue weighted by Gasteiger charge is 2.41. The maximum absolute atomic E-state index is 11.5. The van der Waals surface area contributed by atoms with Crippen LogP contribution in [0, 0.1) is 11.3 Å². The summed E-state index contributed by atoms with van der Waals surface area (Å²) in [7, 11) is 1.63. The van der Waals surface area contributed by atoms with Gasteiger partial charge in [0.15, 0.2) is 0 Å². The quantitative estimate of drug-likeness (QED) is 0.251. The van der Waals surface area contributed by atoms with Crippen LogP contribution >= 0.6 is 31.9 Å². The summed E-state index contributed by atoms with van der Waals surface area (Å²) in [6, 6.07) is 3.75. The number of hydrogen-bond donors (Lipinski definition) is 0. The molecule has 0 N–H and O–H groups in total. The second-order valence-corrected chi connectivity index (χ2v) is 8.89. The van der Waals surface area contributed by atoms with Crippen LogP contribution in [0.25, 0.3) is 0 Å². The Morgan fingerprint density at radius 3 is 2.62 bits per heavy atom. The van der Waals surface area contributed by atoms with Gasteiger partial charge in [0.25, 0.3) is 0 Å². The van der Waals surface area contributed by atoms with Gasteiger partial charge < -0.3 is 9.47 Å². The van der Waals surface area contributed by atoms with E-state index in [0.717, 1.165) is 35.0 Å². The van der Waals surface area contributed by atoms with Crippen LogP contribution in [-0.2, 0) is 11.2 Å². The smallest absolute Gasteiger partial charge is 0.308 e. The SMILES string of the molecule is C=C1CC[C@@H](Br)C(C)(C)[C@@H]1Cc1cc(OC)c(Br)cc1OC(C)=O. The summed E-state index contributed by atoms with van der Waals surface area (Å²) < 4.78 is 11.6. The van der Waals surface area contributed by atoms with Crippen LogP contribution in [0.3, 0.4) is 0 Å². The molecule has 1 aromatic rings. The molecule has 1 aromatic carbocycles. The molecule has 24 heavy (non-hydrogen) atoms. The highest BCUT2D eigenvalue weighted by atomic mass is 79.9. The van der Waals surface area contributed by atoms with Gasteiger partial charge >= 0.3 is 5.97 Å². The van der Waals surface area contributed by atoms with Crippen LogP contribution in [0.5, 0.6) is 11.5 Å². The van der Waals surface area contributed by atoms with Crippen molar-refractivity contribution in [2.75, 3.05) is 7.11 Å². The number of carbonyl (C=O) groups excluding carboxylic acids is 1. The number of halogens is 2. The van der Waals surface area contributed by atoms with Crippen molar-refractivity contribution >= 4 is 37.8 Å². The van der Waals surface area contributed by atoms with E-state index in [0.29, 0.717) is 16.5 Å². The van der Waals surface area contributed by atoms with E-state index < -0.39 is 0 Å². The van der Waals surface area contributed by atoms with Gasteiger partial charge in [0.1, 0.15) is 11.5 Å². The zero-order valence-electron chi connectivity index (χ0n) is 14.6. The standard InChI is InChI=1S/C19H24Br2O3/c1-11-6-7-18(21)19(3,4)14(11)8-13-9-17(23-5)15(20)10-16(13)24-12(2)22/h9-10,14,18H,1,6-8H2,2-5H3/t14-,18-/m1/s1. The molecule has 0 aliphatic heterocycles. The third-order valence-corrected chi connectivity index (χ3v) is 7.19. The first-order valence-electron chi connectivity index (χ1n) is 8.03. The Hall–Kier alpha value is -0.810. The van der Waals surface area contributed by atoms with Gasteiger partial charge in [-0.1, -0.05) is 41.9 Å². The number of esters is 1. The fourth-order valence-corrected chi connectivity index (χ4v) is 4.41. The van der Waals surface area contributed by atoms with Gasteiger partial charge in [-0.05, 0) is 64.2 Å². The van der Waals surface area contributed by atoms with Crippen molar-refractivity contribution < 1.29 is 14.3 Å². The molecule has 0 amide bonds. The number of allylic oxidation sites excluding steroid dienone is 1. The van der Waals surface area contributed by atoms with Gasteiger partial charge in [-0.25, -0.2) is 0 Å². The molecular formula is C19H24Br2O3. The zero-order valence-corrected chi connectivity index (χ0v) is 17.8. The van der Waals surface area contributed by atoms with E-state index in [1.807, 2.05) is 6.07 Å². The van der Waals surface area contributed by atoms with E-state index in [4.69, 9.17) is 9.47 Å². The summed E-state index contributed by atoms with van der Waals surface area (Å²) in [4.78, 5) is 11.9. The number of benzene rings is 1. The Morgan fingerprint density at radius 2 is 2.04 bits per heavy atom. The number of hydrogen-bond acceptors (Lipinski definition) is 3. The molecule has 132 valence electrons. The first kappa shape index (κ1) is 19.5. The van der Waals surface area contributed by atoms with E-state index in [2.05, 4.69) is 52.3 Å². The van der Waals surface area contributed by atoms with Crippen molar-refractivity contribution in [1.29, 1.82) is 0 Å². The van der Waals surface area contributed by atoms with E-state index in [1.54, 1.807) is 13.2 Å². The lowest BCUT2D eigenvalue weighted by Crippen LogP contribution is -2.39. The molecule has 1 fully saturated rings. The lowest BCUT2D eigenvalue weighted by Gasteiger charge is -2.44. The average Bonchev–Trinajstić information content (AvgIpc) is 2.49. The summed E-state index contributed by atoms with van der Waals surface area (Å²) in [6.45, 7) is 10.3. The summed E-state index contributed by atoms with van der Waals surface area (Å²) in [5, 5.41) is 0. The van der Waals surface area contributed by atoms with Gasteiger partial charge in [-0.3, -0.25) is 4.79 Å². The molecule has 0 spiro atoms. The van der Waals surface area contributed by atoms with Crippen molar-refractivity contribution in [3.63, 3.8) is 0 Å². The van der Waals surface area contributed by atoms with Gasteiger partial charge in [-0.15, -0.1) is 0 Å². The average molecular weight is 460 g/mol. The number of ether oxygens (including phenoxy) is 2. The Morgan fingerprint density at radius 1 is 1.38 bits per heavy atom. The molecule has 3 nitrogen and oxygen atoms in total. The van der Waals surface area contributed by atoms with Crippen LogP contribution in [-0.4, -0.2) is 17.9 Å². The molecule has 0 heterocycles. The molecule has 0 aromatic heterocycles. The second kappa shape index (κ2) is 7.61. The van der Waals surface area contributed by atoms with Gasteiger partial charge in [-0.2, -0.15) is 0 Å². The normalized spacial score (nSPS) is 23.0. The van der Waals surface area contributed by atoms with Crippen molar-refractivity contribution in [1.82, 2.24) is 0 Å². The maximum atomic E-state index is 11.5. The minimum absolute atomic E-state index is 0.0726. The Labute approximate surface area is 161 Å². The molecule has 1 saturated carbocycles. The third kappa shape index (κ3) is 4.05. The molecular weight excluding hydrogens is 436 g/mol. The summed E-state index contributed by atoms with van der Waals surface area (Å²) in [5.74, 6) is 1.29. The lowest BCUT2D eigenvalue weighted by atomic mass is 9.64. The van der Waals surface area contributed by atoms with Crippen molar-refractivity contribution in [3.05, 3.63) is 34.3 Å². The largest absolute Gasteiger partial charge is 0.496 e.